The molecule has 0 saturated heterocycles. The van der Waals surface area contributed by atoms with Crippen LogP contribution in [-0.2, 0) is 16.0 Å². The van der Waals surface area contributed by atoms with Crippen LogP contribution in [0.15, 0.2) is 42.0 Å². The first-order valence-electron chi connectivity index (χ1n) is 6.41. The third kappa shape index (κ3) is 3.68. The van der Waals surface area contributed by atoms with Crippen LogP contribution in [0.25, 0.3) is 0 Å². The quantitative estimate of drug-likeness (QED) is 0.878. The van der Waals surface area contributed by atoms with Crippen LogP contribution in [0.5, 0.6) is 0 Å². The van der Waals surface area contributed by atoms with Gasteiger partial charge < -0.3 is 10.0 Å². The maximum absolute atomic E-state index is 12.1. The summed E-state index contributed by atoms with van der Waals surface area (Å²) in [7, 11) is 0. The van der Waals surface area contributed by atoms with Gasteiger partial charge in [-0.1, -0.05) is 36.4 Å². The Kier molecular flexibility index (Phi) is 4.34. The van der Waals surface area contributed by atoms with Crippen molar-refractivity contribution in [1.82, 2.24) is 4.90 Å². The highest BCUT2D eigenvalue weighted by Gasteiger charge is 2.22. The Morgan fingerprint density at radius 1 is 1.26 bits per heavy atom. The van der Waals surface area contributed by atoms with E-state index in [9.17, 15) is 9.59 Å². The maximum Gasteiger partial charge on any atom is 0.308 e. The van der Waals surface area contributed by atoms with E-state index >= 15 is 0 Å². The number of hydrogen-bond acceptors (Lipinski definition) is 2. The van der Waals surface area contributed by atoms with E-state index in [1.807, 2.05) is 30.3 Å². The van der Waals surface area contributed by atoms with Gasteiger partial charge in [-0.05, 0) is 18.4 Å². The molecule has 0 radical (unpaired) electrons. The number of aliphatic carboxylic acids is 1. The molecule has 1 aliphatic heterocycles. The van der Waals surface area contributed by atoms with Crippen molar-refractivity contribution in [3.8, 4) is 0 Å². The smallest absolute Gasteiger partial charge is 0.308 e. The van der Waals surface area contributed by atoms with Crippen LogP contribution < -0.4 is 0 Å². The Bertz CT molecular complexity index is 493. The van der Waals surface area contributed by atoms with Gasteiger partial charge in [0.1, 0.15) is 0 Å². The number of amides is 1. The average Bonchev–Trinajstić information content (AvgIpc) is 2.40. The fourth-order valence-electron chi connectivity index (χ4n) is 2.22. The molecule has 1 N–H and O–H groups in total. The zero-order valence-corrected chi connectivity index (χ0v) is 10.7. The van der Waals surface area contributed by atoms with E-state index in [-0.39, 0.29) is 12.3 Å². The van der Waals surface area contributed by atoms with Crippen LogP contribution in [0.1, 0.15) is 18.4 Å². The van der Waals surface area contributed by atoms with Crippen LogP contribution in [-0.4, -0.2) is 35.0 Å². The van der Waals surface area contributed by atoms with Gasteiger partial charge in [-0.15, -0.1) is 0 Å². The van der Waals surface area contributed by atoms with Crippen molar-refractivity contribution in [1.29, 1.82) is 0 Å². The standard InChI is InChI=1S/C15H17NO3/c17-14(18)11-13-7-4-9-16(15(13)19)10-8-12-5-2-1-3-6-12/h1-3,5-7H,4,8-11H2,(H,17,18). The van der Waals surface area contributed by atoms with Crippen molar-refractivity contribution in [2.75, 3.05) is 13.1 Å². The van der Waals surface area contributed by atoms with Crippen molar-refractivity contribution >= 4 is 11.9 Å². The zero-order chi connectivity index (χ0) is 13.7. The van der Waals surface area contributed by atoms with Crippen LogP contribution in [0, 0.1) is 0 Å². The highest BCUT2D eigenvalue weighted by atomic mass is 16.4. The van der Waals surface area contributed by atoms with Crippen molar-refractivity contribution in [3.63, 3.8) is 0 Å². The minimum atomic E-state index is -0.954. The Morgan fingerprint density at radius 2 is 2.00 bits per heavy atom. The first kappa shape index (κ1) is 13.3. The molecule has 19 heavy (non-hydrogen) atoms. The molecule has 1 aromatic rings. The molecule has 100 valence electrons. The molecule has 0 fully saturated rings. The van der Waals surface area contributed by atoms with Gasteiger partial charge in [0.2, 0.25) is 5.91 Å². The number of carboxylic acid groups (broad SMARTS) is 1. The lowest BCUT2D eigenvalue weighted by Gasteiger charge is -2.26. The molecule has 0 spiro atoms. The number of rotatable bonds is 5. The molecule has 0 aromatic heterocycles. The van der Waals surface area contributed by atoms with Gasteiger partial charge in [-0.3, -0.25) is 9.59 Å². The molecular formula is C15H17NO3. The van der Waals surface area contributed by atoms with Gasteiger partial charge in [0.25, 0.3) is 0 Å². The summed E-state index contributed by atoms with van der Waals surface area (Å²) < 4.78 is 0. The minimum Gasteiger partial charge on any atom is -0.481 e. The van der Waals surface area contributed by atoms with Gasteiger partial charge >= 0.3 is 5.97 Å². The summed E-state index contributed by atoms with van der Waals surface area (Å²) in [6.07, 6.45) is 3.10. The van der Waals surface area contributed by atoms with E-state index in [4.69, 9.17) is 5.11 Å². The number of carbonyl (C=O) groups excluding carboxylic acids is 1. The number of carboxylic acids is 1. The van der Waals surface area contributed by atoms with Crippen molar-refractivity contribution in [2.24, 2.45) is 0 Å². The molecule has 1 aliphatic rings. The molecule has 1 aromatic carbocycles. The first-order chi connectivity index (χ1) is 9.16. The summed E-state index contributed by atoms with van der Waals surface area (Å²) in [5.74, 6) is -1.09. The van der Waals surface area contributed by atoms with E-state index in [1.165, 1.54) is 5.56 Å². The molecule has 4 heteroatoms. The number of nitrogens with zero attached hydrogens (tertiary/aromatic N) is 1. The molecule has 1 heterocycles. The largest absolute Gasteiger partial charge is 0.481 e. The van der Waals surface area contributed by atoms with E-state index in [2.05, 4.69) is 0 Å². The fourth-order valence-corrected chi connectivity index (χ4v) is 2.22. The van der Waals surface area contributed by atoms with E-state index < -0.39 is 5.97 Å². The highest BCUT2D eigenvalue weighted by molar-refractivity contribution is 5.98. The monoisotopic (exact) mass is 259 g/mol. The van der Waals surface area contributed by atoms with Crippen LogP contribution in [0.3, 0.4) is 0 Å². The normalized spacial score (nSPS) is 15.3. The van der Waals surface area contributed by atoms with Crippen molar-refractivity contribution < 1.29 is 14.7 Å². The molecule has 0 saturated carbocycles. The first-order valence-corrected chi connectivity index (χ1v) is 6.41. The molecule has 0 bridgehead atoms. The predicted octanol–water partition coefficient (Wildman–Crippen LogP) is 1.86. The Labute approximate surface area is 112 Å². The lowest BCUT2D eigenvalue weighted by atomic mass is 10.0. The third-order valence-corrected chi connectivity index (χ3v) is 3.21. The second kappa shape index (κ2) is 6.18. The number of hydrogen-bond donors (Lipinski definition) is 1. The summed E-state index contributed by atoms with van der Waals surface area (Å²) in [5, 5.41) is 8.77. The highest BCUT2D eigenvalue weighted by Crippen LogP contribution is 2.15. The summed E-state index contributed by atoms with van der Waals surface area (Å²) in [6.45, 7) is 1.31. The van der Waals surface area contributed by atoms with Crippen molar-refractivity contribution in [2.45, 2.75) is 19.3 Å². The van der Waals surface area contributed by atoms with Crippen LogP contribution >= 0.6 is 0 Å². The van der Waals surface area contributed by atoms with Gasteiger partial charge in [0, 0.05) is 18.7 Å². The average molecular weight is 259 g/mol. The minimum absolute atomic E-state index is 0.135. The summed E-state index contributed by atoms with van der Waals surface area (Å²) >= 11 is 0. The fraction of sp³-hybridized carbons (Fsp3) is 0.333. The lowest BCUT2D eigenvalue weighted by molar-refractivity contribution is -0.138. The third-order valence-electron chi connectivity index (χ3n) is 3.21. The molecule has 0 unspecified atom stereocenters. The van der Waals surface area contributed by atoms with Gasteiger partial charge in [-0.2, -0.15) is 0 Å². The SMILES string of the molecule is O=C(O)CC1=CCCN(CCc2ccccc2)C1=O. The van der Waals surface area contributed by atoms with Gasteiger partial charge in [0.05, 0.1) is 6.42 Å². The van der Waals surface area contributed by atoms with E-state index in [1.54, 1.807) is 11.0 Å². The number of carbonyl (C=O) groups is 2. The molecule has 1 amide bonds. The lowest BCUT2D eigenvalue weighted by Crippen LogP contribution is -2.37. The number of benzene rings is 1. The molecular weight excluding hydrogens is 242 g/mol. The predicted molar refractivity (Wildman–Crippen MR) is 71.7 cm³/mol. The van der Waals surface area contributed by atoms with E-state index in [0.717, 1.165) is 12.8 Å². The van der Waals surface area contributed by atoms with Gasteiger partial charge in [-0.25, -0.2) is 0 Å². The Balaban J connectivity index is 1.93. The summed E-state index contributed by atoms with van der Waals surface area (Å²) in [5.41, 5.74) is 1.59. The van der Waals surface area contributed by atoms with Crippen molar-refractivity contribution in [3.05, 3.63) is 47.5 Å². The summed E-state index contributed by atoms with van der Waals surface area (Å²) in [4.78, 5) is 24.5. The summed E-state index contributed by atoms with van der Waals surface area (Å²) in [6, 6.07) is 9.97. The molecule has 4 nitrogen and oxygen atoms in total. The molecule has 0 atom stereocenters. The van der Waals surface area contributed by atoms with Gasteiger partial charge in [0.15, 0.2) is 0 Å². The Morgan fingerprint density at radius 3 is 2.68 bits per heavy atom. The second-order valence-corrected chi connectivity index (χ2v) is 4.62. The molecule has 0 aliphatic carbocycles. The maximum atomic E-state index is 12.1. The van der Waals surface area contributed by atoms with E-state index in [0.29, 0.717) is 18.7 Å². The van der Waals surface area contributed by atoms with Crippen LogP contribution in [0.2, 0.25) is 0 Å². The molecule has 2 rings (SSSR count). The van der Waals surface area contributed by atoms with Crippen LogP contribution in [0.4, 0.5) is 0 Å². The second-order valence-electron chi connectivity index (χ2n) is 4.62. The zero-order valence-electron chi connectivity index (χ0n) is 10.7. The topological polar surface area (TPSA) is 57.6 Å². The Hall–Kier alpha value is -2.10.